The second-order valence-corrected chi connectivity index (χ2v) is 5.45. The molecular formula is C10H12O4S. The quantitative estimate of drug-likeness (QED) is 0.717. The van der Waals surface area contributed by atoms with Gasteiger partial charge in [0.15, 0.2) is 9.84 Å². The summed E-state index contributed by atoms with van der Waals surface area (Å²) in [6.45, 7) is 0.551. The van der Waals surface area contributed by atoms with E-state index >= 15 is 0 Å². The number of sulfone groups is 1. The van der Waals surface area contributed by atoms with Crippen molar-refractivity contribution < 1.29 is 17.9 Å². The fraction of sp³-hybridized carbons (Fsp3) is 0.400. The van der Waals surface area contributed by atoms with Crippen LogP contribution in [-0.4, -0.2) is 34.0 Å². The minimum atomic E-state index is -3.20. The van der Waals surface area contributed by atoms with E-state index in [1.165, 1.54) is 0 Å². The van der Waals surface area contributed by atoms with Crippen molar-refractivity contribution >= 4 is 9.84 Å². The zero-order valence-electron chi connectivity index (χ0n) is 8.34. The van der Waals surface area contributed by atoms with Gasteiger partial charge in [0.25, 0.3) is 0 Å². The first kappa shape index (κ1) is 10.4. The topological polar surface area (TPSA) is 55.9 Å². The Morgan fingerprint density at radius 1 is 1.40 bits per heavy atom. The lowest BCUT2D eigenvalue weighted by atomic mass is 10.3. The van der Waals surface area contributed by atoms with Gasteiger partial charge in [-0.05, 0) is 24.3 Å². The standard InChI is InChI=1S/C10H12O4S/c1-13-8-2-4-10(5-3-8)15(11,12)7-9-6-14-9/h2-5,9H,6-7H2,1H3. The molecule has 0 spiro atoms. The Balaban J connectivity index is 2.19. The molecule has 1 saturated heterocycles. The van der Waals surface area contributed by atoms with E-state index in [0.717, 1.165) is 0 Å². The van der Waals surface area contributed by atoms with E-state index in [4.69, 9.17) is 9.47 Å². The summed E-state index contributed by atoms with van der Waals surface area (Å²) < 4.78 is 33.4. The summed E-state index contributed by atoms with van der Waals surface area (Å²) in [7, 11) is -1.66. The smallest absolute Gasteiger partial charge is 0.181 e. The highest BCUT2D eigenvalue weighted by atomic mass is 32.2. The van der Waals surface area contributed by atoms with Crippen LogP contribution in [-0.2, 0) is 14.6 Å². The maximum absolute atomic E-state index is 11.8. The van der Waals surface area contributed by atoms with E-state index in [0.29, 0.717) is 17.3 Å². The number of hydrogen-bond acceptors (Lipinski definition) is 4. The highest BCUT2D eigenvalue weighted by Gasteiger charge is 2.30. The van der Waals surface area contributed by atoms with Gasteiger partial charge in [0, 0.05) is 0 Å². The van der Waals surface area contributed by atoms with Crippen molar-refractivity contribution in [3.8, 4) is 5.75 Å². The zero-order chi connectivity index (χ0) is 10.9. The number of benzene rings is 1. The summed E-state index contributed by atoms with van der Waals surface area (Å²) in [5.74, 6) is 0.718. The van der Waals surface area contributed by atoms with Crippen LogP contribution < -0.4 is 4.74 Å². The monoisotopic (exact) mass is 228 g/mol. The van der Waals surface area contributed by atoms with Gasteiger partial charge in [0.2, 0.25) is 0 Å². The molecule has 2 rings (SSSR count). The molecule has 1 heterocycles. The molecule has 5 heteroatoms. The molecule has 0 saturated carbocycles. The molecule has 4 nitrogen and oxygen atoms in total. The first-order chi connectivity index (χ1) is 7.12. The lowest BCUT2D eigenvalue weighted by molar-refractivity contribution is 0.414. The van der Waals surface area contributed by atoms with Crippen molar-refractivity contribution in [2.75, 3.05) is 19.5 Å². The molecule has 1 atom stereocenters. The molecule has 1 aromatic rings. The summed E-state index contributed by atoms with van der Waals surface area (Å²) in [6, 6.07) is 6.38. The van der Waals surface area contributed by atoms with E-state index in [9.17, 15) is 8.42 Å². The molecule has 0 aliphatic carbocycles. The minimum absolute atomic E-state index is 0.0688. The molecule has 0 radical (unpaired) electrons. The molecule has 82 valence electrons. The molecule has 1 unspecified atom stereocenters. The lowest BCUT2D eigenvalue weighted by Crippen LogP contribution is -2.11. The number of ether oxygens (including phenoxy) is 2. The molecule has 0 bridgehead atoms. The second-order valence-electron chi connectivity index (χ2n) is 3.41. The van der Waals surface area contributed by atoms with Crippen LogP contribution in [0.3, 0.4) is 0 Å². The predicted octanol–water partition coefficient (Wildman–Crippen LogP) is 0.868. The maximum Gasteiger partial charge on any atom is 0.181 e. The largest absolute Gasteiger partial charge is 0.497 e. The number of rotatable bonds is 4. The first-order valence-corrected chi connectivity index (χ1v) is 6.25. The number of epoxide rings is 1. The Hall–Kier alpha value is -1.07. The van der Waals surface area contributed by atoms with Crippen LogP contribution in [0.4, 0.5) is 0 Å². The van der Waals surface area contributed by atoms with E-state index in [1.54, 1.807) is 31.4 Å². The fourth-order valence-corrected chi connectivity index (χ4v) is 2.71. The predicted molar refractivity (Wildman–Crippen MR) is 54.8 cm³/mol. The van der Waals surface area contributed by atoms with Crippen LogP contribution in [0.25, 0.3) is 0 Å². The van der Waals surface area contributed by atoms with Gasteiger partial charge in [-0.15, -0.1) is 0 Å². The molecular weight excluding hydrogens is 216 g/mol. The van der Waals surface area contributed by atoms with Gasteiger partial charge in [-0.25, -0.2) is 8.42 Å². The van der Waals surface area contributed by atoms with Crippen molar-refractivity contribution in [1.82, 2.24) is 0 Å². The molecule has 1 aromatic carbocycles. The molecule has 1 aliphatic rings. The van der Waals surface area contributed by atoms with Gasteiger partial charge in [0.05, 0.1) is 30.5 Å². The number of methoxy groups -OCH3 is 1. The van der Waals surface area contributed by atoms with Crippen LogP contribution in [0, 0.1) is 0 Å². The average molecular weight is 228 g/mol. The highest BCUT2D eigenvalue weighted by molar-refractivity contribution is 7.91. The Morgan fingerprint density at radius 2 is 2.00 bits per heavy atom. The van der Waals surface area contributed by atoms with Crippen LogP contribution in [0.2, 0.25) is 0 Å². The Morgan fingerprint density at radius 3 is 2.47 bits per heavy atom. The van der Waals surface area contributed by atoms with E-state index in [2.05, 4.69) is 0 Å². The van der Waals surface area contributed by atoms with E-state index in [1.807, 2.05) is 0 Å². The van der Waals surface area contributed by atoms with Gasteiger partial charge < -0.3 is 9.47 Å². The van der Waals surface area contributed by atoms with Crippen molar-refractivity contribution in [3.63, 3.8) is 0 Å². The van der Waals surface area contributed by atoms with Crippen LogP contribution in [0.5, 0.6) is 5.75 Å². The van der Waals surface area contributed by atoms with Crippen molar-refractivity contribution in [1.29, 1.82) is 0 Å². The summed E-state index contributed by atoms with van der Waals surface area (Å²) >= 11 is 0. The summed E-state index contributed by atoms with van der Waals surface area (Å²) in [6.07, 6.45) is -0.114. The molecule has 0 amide bonds. The minimum Gasteiger partial charge on any atom is -0.497 e. The average Bonchev–Trinajstić information content (AvgIpc) is 3.01. The summed E-state index contributed by atoms with van der Waals surface area (Å²) in [5.41, 5.74) is 0. The number of hydrogen-bond donors (Lipinski definition) is 0. The third-order valence-electron chi connectivity index (χ3n) is 2.23. The Bertz CT molecular complexity index is 431. The second kappa shape index (κ2) is 3.83. The lowest BCUT2D eigenvalue weighted by Gasteiger charge is -2.03. The van der Waals surface area contributed by atoms with Crippen molar-refractivity contribution in [3.05, 3.63) is 24.3 Å². The van der Waals surface area contributed by atoms with Gasteiger partial charge in [-0.2, -0.15) is 0 Å². The van der Waals surface area contributed by atoms with E-state index < -0.39 is 9.84 Å². The SMILES string of the molecule is COc1ccc(S(=O)(=O)CC2CO2)cc1. The van der Waals surface area contributed by atoms with Gasteiger partial charge in [-0.1, -0.05) is 0 Å². The molecule has 15 heavy (non-hydrogen) atoms. The summed E-state index contributed by atoms with van der Waals surface area (Å²) in [5, 5.41) is 0. The summed E-state index contributed by atoms with van der Waals surface area (Å²) in [4.78, 5) is 0.318. The van der Waals surface area contributed by atoms with E-state index in [-0.39, 0.29) is 11.9 Å². The molecule has 0 aromatic heterocycles. The molecule has 0 N–H and O–H groups in total. The van der Waals surface area contributed by atoms with Crippen LogP contribution in [0.1, 0.15) is 0 Å². The molecule has 1 fully saturated rings. The van der Waals surface area contributed by atoms with Gasteiger partial charge >= 0.3 is 0 Å². The maximum atomic E-state index is 11.8. The fourth-order valence-electron chi connectivity index (χ4n) is 1.29. The third kappa shape index (κ3) is 2.49. The third-order valence-corrected chi connectivity index (χ3v) is 4.03. The van der Waals surface area contributed by atoms with Crippen LogP contribution in [0.15, 0.2) is 29.2 Å². The van der Waals surface area contributed by atoms with Gasteiger partial charge in [0.1, 0.15) is 5.75 Å². The van der Waals surface area contributed by atoms with Gasteiger partial charge in [-0.3, -0.25) is 0 Å². The van der Waals surface area contributed by atoms with Crippen molar-refractivity contribution in [2.45, 2.75) is 11.0 Å². The zero-order valence-corrected chi connectivity index (χ0v) is 9.16. The van der Waals surface area contributed by atoms with Crippen LogP contribution >= 0.6 is 0 Å². The van der Waals surface area contributed by atoms with Crippen molar-refractivity contribution in [2.24, 2.45) is 0 Å². The molecule has 1 aliphatic heterocycles. The Labute approximate surface area is 88.7 Å². The Kier molecular flexibility index (Phi) is 2.67. The first-order valence-electron chi connectivity index (χ1n) is 4.60. The highest BCUT2D eigenvalue weighted by Crippen LogP contribution is 2.20. The normalized spacial score (nSPS) is 19.9.